The molecule has 1 saturated heterocycles. The number of likely N-dealkylation sites (N-methyl/N-ethyl adjacent to an activating group) is 1. The van der Waals surface area contributed by atoms with E-state index < -0.39 is 0 Å². The minimum atomic E-state index is -0.102. The lowest BCUT2D eigenvalue weighted by Crippen LogP contribution is -2.42. The molecule has 31 heavy (non-hydrogen) atoms. The van der Waals surface area contributed by atoms with Crippen molar-refractivity contribution in [3.8, 4) is 23.0 Å². The lowest BCUT2D eigenvalue weighted by Gasteiger charge is -2.31. The highest BCUT2D eigenvalue weighted by molar-refractivity contribution is 5.95. The highest BCUT2D eigenvalue weighted by atomic mass is 16.5. The van der Waals surface area contributed by atoms with E-state index in [1.165, 1.54) is 14.2 Å². The number of phenolic OH excluding ortho intramolecular Hbond substituents is 1. The molecule has 1 atom stereocenters. The summed E-state index contributed by atoms with van der Waals surface area (Å²) in [6.07, 6.45) is 2.21. The first-order valence-corrected chi connectivity index (χ1v) is 10.6. The van der Waals surface area contributed by atoms with Crippen molar-refractivity contribution in [3.63, 3.8) is 0 Å². The standard InChI is InChI=1S/C24H32N2O5/c1-5-25-12-6-7-19(25)16-26(15-17-8-10-20(27)11-9-17)24(28)18-13-21(29-2)23(31-4)22(14-18)30-3/h8-11,13-14,19,27H,5-7,12,15-16H2,1-4H3/t19-/m1/s1. The third-order valence-corrected chi connectivity index (χ3v) is 5.85. The van der Waals surface area contributed by atoms with Gasteiger partial charge < -0.3 is 24.2 Å². The van der Waals surface area contributed by atoms with E-state index in [1.54, 1.807) is 31.4 Å². The number of hydrogen-bond donors (Lipinski definition) is 1. The smallest absolute Gasteiger partial charge is 0.254 e. The molecule has 2 aromatic rings. The minimum Gasteiger partial charge on any atom is -0.508 e. The van der Waals surface area contributed by atoms with Gasteiger partial charge in [-0.1, -0.05) is 19.1 Å². The van der Waals surface area contributed by atoms with E-state index in [9.17, 15) is 9.90 Å². The van der Waals surface area contributed by atoms with Crippen LogP contribution in [0.3, 0.4) is 0 Å². The molecule has 0 bridgehead atoms. The van der Waals surface area contributed by atoms with Crippen molar-refractivity contribution >= 4 is 5.91 Å². The van der Waals surface area contributed by atoms with Crippen LogP contribution in [0.5, 0.6) is 23.0 Å². The molecule has 1 N–H and O–H groups in total. The molecule has 0 saturated carbocycles. The minimum absolute atomic E-state index is 0.102. The fourth-order valence-electron chi connectivity index (χ4n) is 4.20. The Labute approximate surface area is 184 Å². The zero-order valence-electron chi connectivity index (χ0n) is 18.8. The van der Waals surface area contributed by atoms with Crippen LogP contribution < -0.4 is 14.2 Å². The molecule has 7 heteroatoms. The van der Waals surface area contributed by atoms with Gasteiger partial charge in [-0.3, -0.25) is 9.69 Å². The second-order valence-electron chi connectivity index (χ2n) is 7.69. The van der Waals surface area contributed by atoms with Gasteiger partial charge in [-0.2, -0.15) is 0 Å². The number of likely N-dealkylation sites (tertiary alicyclic amines) is 1. The molecular formula is C24H32N2O5. The lowest BCUT2D eigenvalue weighted by molar-refractivity contribution is 0.0691. The third kappa shape index (κ3) is 5.22. The Morgan fingerprint density at radius 3 is 2.29 bits per heavy atom. The van der Waals surface area contributed by atoms with Crippen molar-refractivity contribution in [1.29, 1.82) is 0 Å². The van der Waals surface area contributed by atoms with Gasteiger partial charge in [0.05, 0.1) is 21.3 Å². The Bertz CT molecular complexity index is 859. The Hall–Kier alpha value is -2.93. The third-order valence-electron chi connectivity index (χ3n) is 5.85. The molecular weight excluding hydrogens is 396 g/mol. The number of carbonyl (C=O) groups is 1. The van der Waals surface area contributed by atoms with E-state index in [0.29, 0.717) is 41.9 Å². The largest absolute Gasteiger partial charge is 0.508 e. The van der Waals surface area contributed by atoms with Crippen LogP contribution in [0.2, 0.25) is 0 Å². The molecule has 1 heterocycles. The molecule has 3 rings (SSSR count). The molecule has 0 aromatic heterocycles. The summed E-state index contributed by atoms with van der Waals surface area (Å²) >= 11 is 0. The summed E-state index contributed by atoms with van der Waals surface area (Å²) in [7, 11) is 4.62. The SMILES string of the molecule is CCN1CCC[C@@H]1CN(Cc1ccc(O)cc1)C(=O)c1cc(OC)c(OC)c(OC)c1. The quantitative estimate of drug-likeness (QED) is 0.659. The van der Waals surface area contributed by atoms with Crippen LogP contribution in [-0.2, 0) is 6.54 Å². The number of aromatic hydroxyl groups is 1. The first kappa shape index (κ1) is 22.7. The van der Waals surface area contributed by atoms with Crippen molar-refractivity contribution in [1.82, 2.24) is 9.80 Å². The second-order valence-corrected chi connectivity index (χ2v) is 7.69. The van der Waals surface area contributed by atoms with Gasteiger partial charge in [0.1, 0.15) is 5.75 Å². The summed E-state index contributed by atoms with van der Waals surface area (Å²) in [4.78, 5) is 17.9. The molecule has 1 aliphatic heterocycles. The Morgan fingerprint density at radius 1 is 1.10 bits per heavy atom. The fraction of sp³-hybridized carbons (Fsp3) is 0.458. The van der Waals surface area contributed by atoms with Crippen molar-refractivity contribution in [2.24, 2.45) is 0 Å². The number of benzene rings is 2. The molecule has 0 spiro atoms. The maximum Gasteiger partial charge on any atom is 0.254 e. The van der Waals surface area contributed by atoms with Crippen molar-refractivity contribution < 1.29 is 24.1 Å². The predicted molar refractivity (Wildman–Crippen MR) is 119 cm³/mol. The van der Waals surface area contributed by atoms with Crippen LogP contribution in [-0.4, -0.2) is 67.8 Å². The first-order chi connectivity index (χ1) is 15.0. The number of hydrogen-bond acceptors (Lipinski definition) is 6. The summed E-state index contributed by atoms with van der Waals surface area (Å²) in [5.41, 5.74) is 1.44. The van der Waals surface area contributed by atoms with E-state index in [2.05, 4.69) is 11.8 Å². The Morgan fingerprint density at radius 2 is 1.74 bits per heavy atom. The molecule has 1 aliphatic rings. The van der Waals surface area contributed by atoms with E-state index in [1.807, 2.05) is 17.0 Å². The molecule has 1 fully saturated rings. The molecule has 0 radical (unpaired) electrons. The number of phenols is 1. The maximum atomic E-state index is 13.6. The predicted octanol–water partition coefficient (Wildman–Crippen LogP) is 3.54. The lowest BCUT2D eigenvalue weighted by atomic mass is 10.1. The van der Waals surface area contributed by atoms with Gasteiger partial charge in [0.25, 0.3) is 5.91 Å². The van der Waals surface area contributed by atoms with Gasteiger partial charge >= 0.3 is 0 Å². The van der Waals surface area contributed by atoms with Crippen LogP contribution in [0.1, 0.15) is 35.7 Å². The number of amides is 1. The maximum absolute atomic E-state index is 13.6. The first-order valence-electron chi connectivity index (χ1n) is 10.6. The van der Waals surface area contributed by atoms with Crippen LogP contribution in [0, 0.1) is 0 Å². The molecule has 2 aromatic carbocycles. The number of nitrogens with zero attached hydrogens (tertiary/aromatic N) is 2. The van der Waals surface area contributed by atoms with Crippen LogP contribution >= 0.6 is 0 Å². The normalized spacial score (nSPS) is 16.2. The van der Waals surface area contributed by atoms with Gasteiger partial charge in [0, 0.05) is 24.7 Å². The summed E-state index contributed by atoms with van der Waals surface area (Å²) in [5.74, 6) is 1.46. The number of ether oxygens (including phenoxy) is 3. The van der Waals surface area contributed by atoms with E-state index in [4.69, 9.17) is 14.2 Å². The van der Waals surface area contributed by atoms with Gasteiger partial charge in [0.15, 0.2) is 11.5 Å². The molecule has 0 unspecified atom stereocenters. The fourth-order valence-corrected chi connectivity index (χ4v) is 4.20. The molecule has 7 nitrogen and oxygen atoms in total. The van der Waals surface area contributed by atoms with Crippen molar-refractivity contribution in [2.45, 2.75) is 32.4 Å². The second kappa shape index (κ2) is 10.4. The van der Waals surface area contributed by atoms with Gasteiger partial charge in [-0.15, -0.1) is 0 Å². The van der Waals surface area contributed by atoms with Crippen molar-refractivity contribution in [2.75, 3.05) is 41.0 Å². The summed E-state index contributed by atoms with van der Waals surface area (Å²) < 4.78 is 16.3. The van der Waals surface area contributed by atoms with Crippen molar-refractivity contribution in [3.05, 3.63) is 47.5 Å². The zero-order valence-corrected chi connectivity index (χ0v) is 18.8. The van der Waals surface area contributed by atoms with Crippen LogP contribution in [0.25, 0.3) is 0 Å². The zero-order chi connectivity index (χ0) is 22.4. The van der Waals surface area contributed by atoms with Gasteiger partial charge in [-0.25, -0.2) is 0 Å². The highest BCUT2D eigenvalue weighted by Crippen LogP contribution is 2.38. The van der Waals surface area contributed by atoms with Crippen LogP contribution in [0.15, 0.2) is 36.4 Å². The highest BCUT2D eigenvalue weighted by Gasteiger charge is 2.28. The van der Waals surface area contributed by atoms with E-state index in [0.717, 1.165) is 31.5 Å². The summed E-state index contributed by atoms with van der Waals surface area (Å²) in [5, 5.41) is 9.61. The monoisotopic (exact) mass is 428 g/mol. The Kier molecular flexibility index (Phi) is 7.63. The summed E-state index contributed by atoms with van der Waals surface area (Å²) in [6, 6.07) is 10.7. The molecule has 1 amide bonds. The van der Waals surface area contributed by atoms with Gasteiger partial charge in [0.2, 0.25) is 5.75 Å². The number of rotatable bonds is 9. The van der Waals surface area contributed by atoms with Gasteiger partial charge in [-0.05, 0) is 55.8 Å². The van der Waals surface area contributed by atoms with E-state index >= 15 is 0 Å². The Balaban J connectivity index is 1.93. The molecule has 0 aliphatic carbocycles. The number of carbonyl (C=O) groups excluding carboxylic acids is 1. The average Bonchev–Trinajstić information content (AvgIpc) is 3.25. The topological polar surface area (TPSA) is 71.5 Å². The summed E-state index contributed by atoms with van der Waals surface area (Å²) in [6.45, 7) is 5.26. The number of methoxy groups -OCH3 is 3. The molecule has 168 valence electrons. The van der Waals surface area contributed by atoms with Crippen LogP contribution in [0.4, 0.5) is 0 Å². The average molecular weight is 429 g/mol. The van der Waals surface area contributed by atoms with E-state index in [-0.39, 0.29) is 11.7 Å².